The molecule has 0 bridgehead atoms. The van der Waals surface area contributed by atoms with E-state index in [1.165, 1.54) is 10.6 Å². The third-order valence-corrected chi connectivity index (χ3v) is 4.69. The molecule has 0 N–H and O–H groups in total. The van der Waals surface area contributed by atoms with Gasteiger partial charge in [0.05, 0.1) is 18.8 Å². The third-order valence-electron chi connectivity index (χ3n) is 3.93. The van der Waals surface area contributed by atoms with Crippen LogP contribution in [0.1, 0.15) is 17.0 Å². The molecule has 2 atom stereocenters. The average molecular weight is 292 g/mol. The fraction of sp³-hybridized carbons (Fsp3) is 0.571. The van der Waals surface area contributed by atoms with E-state index in [1.54, 1.807) is 11.3 Å². The summed E-state index contributed by atoms with van der Waals surface area (Å²) in [5, 5.41) is 7.47. The minimum atomic E-state index is 0.301. The highest BCUT2D eigenvalue weighted by Crippen LogP contribution is 2.26. The van der Waals surface area contributed by atoms with Gasteiger partial charge in [0, 0.05) is 44.5 Å². The van der Waals surface area contributed by atoms with Gasteiger partial charge in [-0.05, 0) is 18.4 Å². The first-order valence-electron chi connectivity index (χ1n) is 6.89. The highest BCUT2D eigenvalue weighted by molar-refractivity contribution is 7.09. The van der Waals surface area contributed by atoms with E-state index < -0.39 is 0 Å². The van der Waals surface area contributed by atoms with Gasteiger partial charge in [-0.1, -0.05) is 0 Å². The first-order chi connectivity index (χ1) is 9.76. The minimum absolute atomic E-state index is 0.301. The van der Waals surface area contributed by atoms with E-state index in [1.807, 2.05) is 36.6 Å². The summed E-state index contributed by atoms with van der Waals surface area (Å²) >= 11 is 1.72. The molecule has 0 aliphatic carbocycles. The molecule has 1 aliphatic heterocycles. The molecular formula is C14H20N4OS. The number of nitrogens with zero attached hydrogens (tertiary/aromatic N) is 4. The van der Waals surface area contributed by atoms with Crippen LogP contribution in [-0.2, 0) is 24.8 Å². The summed E-state index contributed by atoms with van der Waals surface area (Å²) in [5.41, 5.74) is 1.27. The van der Waals surface area contributed by atoms with Crippen LogP contribution in [0.2, 0.25) is 0 Å². The van der Waals surface area contributed by atoms with Gasteiger partial charge in [-0.25, -0.2) is 4.98 Å². The molecule has 1 fully saturated rings. The molecule has 20 heavy (non-hydrogen) atoms. The van der Waals surface area contributed by atoms with Crippen molar-refractivity contribution < 1.29 is 4.74 Å². The Morgan fingerprint density at radius 1 is 1.50 bits per heavy atom. The van der Waals surface area contributed by atoms with E-state index in [9.17, 15) is 0 Å². The fourth-order valence-corrected chi connectivity index (χ4v) is 3.58. The molecule has 0 unspecified atom stereocenters. The van der Waals surface area contributed by atoms with Crippen molar-refractivity contribution in [3.05, 3.63) is 34.5 Å². The molecule has 5 nitrogen and oxygen atoms in total. The average Bonchev–Trinajstić information content (AvgIpc) is 3.15. The molecule has 3 rings (SSSR count). The summed E-state index contributed by atoms with van der Waals surface area (Å²) in [6.07, 6.45) is 8.29. The van der Waals surface area contributed by atoms with Crippen molar-refractivity contribution in [2.45, 2.75) is 31.5 Å². The second-order valence-corrected chi connectivity index (χ2v) is 6.23. The second-order valence-electron chi connectivity index (χ2n) is 5.25. The topological polar surface area (TPSA) is 43.2 Å². The Bertz CT molecular complexity index is 539. The fourth-order valence-electron chi connectivity index (χ4n) is 2.94. The first kappa shape index (κ1) is 13.7. The molecular weight excluding hydrogens is 272 g/mol. The molecule has 6 heteroatoms. The van der Waals surface area contributed by atoms with E-state index >= 15 is 0 Å². The van der Waals surface area contributed by atoms with Crippen LogP contribution in [0.5, 0.6) is 0 Å². The van der Waals surface area contributed by atoms with Crippen LogP contribution in [0.3, 0.4) is 0 Å². The Morgan fingerprint density at radius 3 is 3.05 bits per heavy atom. The number of aryl methyl sites for hydroxylation is 1. The first-order valence-corrected chi connectivity index (χ1v) is 7.77. The number of rotatable bonds is 5. The lowest BCUT2D eigenvalue weighted by molar-refractivity contribution is 0.0638. The quantitative estimate of drug-likeness (QED) is 0.841. The SMILES string of the molecule is CO[C@@H]1CCN(Cc2nccs2)[C@@H]1Cc1cnn(C)c1. The zero-order valence-corrected chi connectivity index (χ0v) is 12.7. The number of thiazole rings is 1. The maximum Gasteiger partial charge on any atom is 0.107 e. The van der Waals surface area contributed by atoms with Gasteiger partial charge in [-0.15, -0.1) is 11.3 Å². The van der Waals surface area contributed by atoms with Crippen molar-refractivity contribution in [1.82, 2.24) is 19.7 Å². The van der Waals surface area contributed by atoms with Crippen molar-refractivity contribution >= 4 is 11.3 Å². The predicted molar refractivity (Wildman–Crippen MR) is 78.6 cm³/mol. The van der Waals surface area contributed by atoms with Crippen molar-refractivity contribution in [1.29, 1.82) is 0 Å². The van der Waals surface area contributed by atoms with E-state index in [4.69, 9.17) is 4.74 Å². The van der Waals surface area contributed by atoms with Gasteiger partial charge in [0.15, 0.2) is 0 Å². The molecule has 1 aliphatic rings. The van der Waals surface area contributed by atoms with Gasteiger partial charge >= 0.3 is 0 Å². The number of ether oxygens (including phenoxy) is 1. The van der Waals surface area contributed by atoms with Gasteiger partial charge in [0.2, 0.25) is 0 Å². The van der Waals surface area contributed by atoms with Crippen molar-refractivity contribution in [3.8, 4) is 0 Å². The van der Waals surface area contributed by atoms with E-state index in [-0.39, 0.29) is 0 Å². The highest BCUT2D eigenvalue weighted by atomic mass is 32.1. The van der Waals surface area contributed by atoms with Crippen LogP contribution in [0, 0.1) is 0 Å². The van der Waals surface area contributed by atoms with Crippen LogP contribution in [0.4, 0.5) is 0 Å². The molecule has 3 heterocycles. The van der Waals surface area contributed by atoms with Crippen molar-refractivity contribution in [2.24, 2.45) is 7.05 Å². The molecule has 2 aromatic heterocycles. The Labute approximate surface area is 123 Å². The number of likely N-dealkylation sites (tertiary alicyclic amines) is 1. The Kier molecular flexibility index (Phi) is 4.14. The second kappa shape index (κ2) is 6.03. The molecule has 0 aromatic carbocycles. The minimum Gasteiger partial charge on any atom is -0.380 e. The molecule has 0 spiro atoms. The molecule has 2 aromatic rings. The largest absolute Gasteiger partial charge is 0.380 e. The van der Waals surface area contributed by atoms with E-state index in [2.05, 4.69) is 21.2 Å². The lowest BCUT2D eigenvalue weighted by Gasteiger charge is -2.26. The van der Waals surface area contributed by atoms with Gasteiger partial charge in [-0.3, -0.25) is 9.58 Å². The Morgan fingerprint density at radius 2 is 2.40 bits per heavy atom. The molecule has 1 saturated heterocycles. The monoisotopic (exact) mass is 292 g/mol. The summed E-state index contributed by atoms with van der Waals surface area (Å²) in [5.74, 6) is 0. The van der Waals surface area contributed by atoms with E-state index in [0.717, 1.165) is 25.9 Å². The van der Waals surface area contributed by atoms with Crippen molar-refractivity contribution in [3.63, 3.8) is 0 Å². The number of methoxy groups -OCH3 is 1. The Balaban J connectivity index is 1.72. The third kappa shape index (κ3) is 2.92. The van der Waals surface area contributed by atoms with Gasteiger partial charge in [0.1, 0.15) is 5.01 Å². The zero-order chi connectivity index (χ0) is 13.9. The standard InChI is InChI=1S/C14H20N4OS/c1-17-9-11(8-16-17)7-12-13(19-2)3-5-18(12)10-14-15-4-6-20-14/h4,6,8-9,12-13H,3,5,7,10H2,1-2H3/t12-,13-/m1/s1. The molecule has 0 amide bonds. The van der Waals surface area contributed by atoms with Crippen LogP contribution in [0.15, 0.2) is 24.0 Å². The predicted octanol–water partition coefficient (Wildman–Crippen LogP) is 1.71. The van der Waals surface area contributed by atoms with Gasteiger partial charge < -0.3 is 4.74 Å². The summed E-state index contributed by atoms with van der Waals surface area (Å²) in [6, 6.07) is 0.410. The summed E-state index contributed by atoms with van der Waals surface area (Å²) < 4.78 is 7.52. The number of hydrogen-bond donors (Lipinski definition) is 0. The highest BCUT2D eigenvalue weighted by Gasteiger charge is 2.34. The van der Waals surface area contributed by atoms with Crippen LogP contribution in [-0.4, -0.2) is 45.5 Å². The summed E-state index contributed by atoms with van der Waals surface area (Å²) in [6.45, 7) is 1.99. The van der Waals surface area contributed by atoms with Crippen LogP contribution in [0.25, 0.3) is 0 Å². The molecule has 108 valence electrons. The maximum absolute atomic E-state index is 5.67. The lowest BCUT2D eigenvalue weighted by Crippen LogP contribution is -2.37. The van der Waals surface area contributed by atoms with Crippen LogP contribution < -0.4 is 0 Å². The van der Waals surface area contributed by atoms with Crippen LogP contribution >= 0.6 is 11.3 Å². The number of aromatic nitrogens is 3. The number of hydrogen-bond acceptors (Lipinski definition) is 5. The normalized spacial score (nSPS) is 23.5. The van der Waals surface area contributed by atoms with Gasteiger partial charge in [-0.2, -0.15) is 5.10 Å². The van der Waals surface area contributed by atoms with E-state index in [0.29, 0.717) is 12.1 Å². The lowest BCUT2D eigenvalue weighted by atomic mass is 10.0. The summed E-state index contributed by atoms with van der Waals surface area (Å²) in [4.78, 5) is 6.88. The smallest absolute Gasteiger partial charge is 0.107 e. The molecule has 0 saturated carbocycles. The van der Waals surface area contributed by atoms with Gasteiger partial charge in [0.25, 0.3) is 0 Å². The summed E-state index contributed by atoms with van der Waals surface area (Å²) in [7, 11) is 3.77. The zero-order valence-electron chi connectivity index (χ0n) is 11.9. The maximum atomic E-state index is 5.67. The molecule has 0 radical (unpaired) electrons. The Hall–Kier alpha value is -1.24. The van der Waals surface area contributed by atoms with Crippen molar-refractivity contribution in [2.75, 3.05) is 13.7 Å².